The van der Waals surface area contributed by atoms with Crippen LogP contribution in [0, 0.1) is 0 Å². The van der Waals surface area contributed by atoms with Crippen LogP contribution >= 0.6 is 0 Å². The van der Waals surface area contributed by atoms with Crippen LogP contribution in [0.25, 0.3) is 28.0 Å². The highest BCUT2D eigenvalue weighted by Crippen LogP contribution is 2.35. The molecule has 3 heterocycles. The maximum absolute atomic E-state index is 14.1. The summed E-state index contributed by atoms with van der Waals surface area (Å²) in [6, 6.07) is 29.5. The van der Waals surface area contributed by atoms with Crippen LogP contribution in [0.15, 0.2) is 114 Å². The fourth-order valence-corrected chi connectivity index (χ4v) is 6.31. The van der Waals surface area contributed by atoms with Gasteiger partial charge in [0, 0.05) is 31.0 Å². The summed E-state index contributed by atoms with van der Waals surface area (Å²) in [6.07, 6.45) is 3.56. The van der Waals surface area contributed by atoms with Gasteiger partial charge in [-0.25, -0.2) is 12.9 Å². The Hall–Kier alpha value is -4.93. The van der Waals surface area contributed by atoms with Crippen LogP contribution in [0.1, 0.15) is 11.1 Å². The molecule has 0 spiro atoms. The third-order valence-electron chi connectivity index (χ3n) is 7.11. The molecule has 0 atom stereocenters. The predicted molar refractivity (Wildman–Crippen MR) is 161 cm³/mol. The molecule has 3 aromatic heterocycles. The number of nitrogens with zero attached hydrogens (tertiary/aromatic N) is 4. The van der Waals surface area contributed by atoms with Gasteiger partial charge in [0.25, 0.3) is 0 Å². The van der Waals surface area contributed by atoms with E-state index in [0.717, 1.165) is 39.2 Å². The van der Waals surface area contributed by atoms with Crippen LogP contribution in [-0.4, -0.2) is 46.8 Å². The lowest BCUT2D eigenvalue weighted by molar-refractivity contribution is 0.397. The topological polar surface area (TPSA) is 102 Å². The lowest BCUT2D eigenvalue weighted by atomic mass is 10.0. The molecule has 0 fully saturated rings. The molecule has 3 aromatic carbocycles. The van der Waals surface area contributed by atoms with Gasteiger partial charge in [-0.05, 0) is 71.3 Å². The van der Waals surface area contributed by atoms with Crippen molar-refractivity contribution in [2.75, 3.05) is 14.2 Å². The number of fused-ring (bicyclic) bond motifs is 1. The smallest absolute Gasteiger partial charge is 0.243 e. The summed E-state index contributed by atoms with van der Waals surface area (Å²) in [7, 11) is -0.674. The quantitative estimate of drug-likeness (QED) is 0.220. The molecule has 0 aliphatic carbocycles. The van der Waals surface area contributed by atoms with E-state index in [9.17, 15) is 8.42 Å². The van der Waals surface area contributed by atoms with Gasteiger partial charge in [0.15, 0.2) is 0 Å². The molecule has 0 amide bonds. The maximum Gasteiger partial charge on any atom is 0.243 e. The summed E-state index contributed by atoms with van der Waals surface area (Å²) < 4.78 is 42.0. The Balaban J connectivity index is 1.36. The maximum atomic E-state index is 14.1. The van der Waals surface area contributed by atoms with Crippen LogP contribution < -0.4 is 9.47 Å². The van der Waals surface area contributed by atoms with Crippen molar-refractivity contribution < 1.29 is 17.9 Å². The first-order valence-corrected chi connectivity index (χ1v) is 14.7. The Labute approximate surface area is 244 Å². The Kier molecular flexibility index (Phi) is 7.47. The van der Waals surface area contributed by atoms with Gasteiger partial charge in [-0.15, -0.1) is 0 Å². The molecule has 0 saturated heterocycles. The van der Waals surface area contributed by atoms with Crippen LogP contribution in [0.5, 0.6) is 11.5 Å². The van der Waals surface area contributed by atoms with Crippen molar-refractivity contribution in [2.45, 2.75) is 18.0 Å². The highest BCUT2D eigenvalue weighted by Gasteiger charge is 2.26. The number of aromatic nitrogens is 4. The molecular formula is C32H29N5O4S. The Bertz CT molecular complexity index is 1850. The number of ether oxygens (including phenoxy) is 2. The third kappa shape index (κ3) is 5.37. The van der Waals surface area contributed by atoms with E-state index in [-0.39, 0.29) is 18.0 Å². The van der Waals surface area contributed by atoms with Crippen LogP contribution in [0.2, 0.25) is 0 Å². The number of rotatable bonds is 10. The normalized spacial score (nSPS) is 11.7. The van der Waals surface area contributed by atoms with Crippen molar-refractivity contribution in [1.82, 2.24) is 24.1 Å². The minimum atomic E-state index is -3.88. The highest BCUT2D eigenvalue weighted by molar-refractivity contribution is 7.89. The van der Waals surface area contributed by atoms with Crippen LogP contribution in [0.3, 0.4) is 0 Å². The molecule has 6 aromatic rings. The molecule has 0 saturated carbocycles. The third-order valence-corrected chi connectivity index (χ3v) is 8.92. The number of hydrogen-bond acceptors (Lipinski definition) is 6. The predicted octanol–water partition coefficient (Wildman–Crippen LogP) is 5.80. The van der Waals surface area contributed by atoms with E-state index >= 15 is 0 Å². The molecule has 42 heavy (non-hydrogen) atoms. The van der Waals surface area contributed by atoms with Crippen molar-refractivity contribution >= 4 is 15.5 Å². The minimum absolute atomic E-state index is 0.193. The summed E-state index contributed by atoms with van der Waals surface area (Å²) >= 11 is 0. The average Bonchev–Trinajstić information content (AvgIpc) is 3.70. The van der Waals surface area contributed by atoms with Crippen molar-refractivity contribution in [1.29, 1.82) is 0 Å². The average molecular weight is 580 g/mol. The second-order valence-electron chi connectivity index (χ2n) is 9.72. The minimum Gasteiger partial charge on any atom is -0.497 e. The Morgan fingerprint density at radius 2 is 1.40 bits per heavy atom. The molecule has 0 unspecified atom stereocenters. The van der Waals surface area contributed by atoms with Crippen molar-refractivity contribution in [3.63, 3.8) is 0 Å². The van der Waals surface area contributed by atoms with Crippen molar-refractivity contribution in [2.24, 2.45) is 0 Å². The number of pyridine rings is 1. The molecule has 0 aliphatic rings. The summed E-state index contributed by atoms with van der Waals surface area (Å²) in [5.41, 5.74) is 5.83. The largest absolute Gasteiger partial charge is 0.497 e. The van der Waals surface area contributed by atoms with E-state index in [1.807, 2.05) is 95.6 Å². The Morgan fingerprint density at radius 3 is 1.95 bits per heavy atom. The van der Waals surface area contributed by atoms with Crippen LogP contribution in [0.4, 0.5) is 0 Å². The molecule has 212 valence electrons. The summed E-state index contributed by atoms with van der Waals surface area (Å²) in [5, 5.41) is 11.8. The van der Waals surface area contributed by atoms with E-state index in [0.29, 0.717) is 11.5 Å². The van der Waals surface area contributed by atoms with Crippen molar-refractivity contribution in [3.05, 3.63) is 121 Å². The van der Waals surface area contributed by atoms with Gasteiger partial charge in [0.2, 0.25) is 10.0 Å². The number of aromatic amines is 1. The first-order chi connectivity index (χ1) is 20.5. The van der Waals surface area contributed by atoms with Gasteiger partial charge in [-0.3, -0.25) is 5.10 Å². The molecule has 1 N–H and O–H groups in total. The lowest BCUT2D eigenvalue weighted by Crippen LogP contribution is -2.30. The Morgan fingerprint density at radius 1 is 0.786 bits per heavy atom. The van der Waals surface area contributed by atoms with E-state index in [4.69, 9.17) is 14.6 Å². The van der Waals surface area contributed by atoms with Crippen molar-refractivity contribution in [3.8, 4) is 34.0 Å². The van der Waals surface area contributed by atoms with E-state index in [2.05, 4.69) is 10.2 Å². The van der Waals surface area contributed by atoms with Gasteiger partial charge < -0.3 is 9.47 Å². The van der Waals surface area contributed by atoms with E-state index in [1.54, 1.807) is 32.5 Å². The summed E-state index contributed by atoms with van der Waals surface area (Å²) in [6.45, 7) is 0.385. The van der Waals surface area contributed by atoms with Gasteiger partial charge in [0.1, 0.15) is 17.2 Å². The zero-order valence-corrected chi connectivity index (χ0v) is 24.0. The summed E-state index contributed by atoms with van der Waals surface area (Å²) in [4.78, 5) is 0.202. The standard InChI is InChI=1S/C32H29N5O4S/c1-40-26-12-6-23(7-13-26)21-36(22-24-8-14-27(41-2)15-9-24)42(38,39)28-16-10-25(11-17-28)31-30-5-3-4-20-37(30)35-32(31)29-18-19-33-34-29/h3-20H,21-22H2,1-2H3,(H,33,34). The fourth-order valence-electron chi connectivity index (χ4n) is 4.90. The SMILES string of the molecule is COc1ccc(CN(Cc2ccc(OC)cc2)S(=O)(=O)c2ccc(-c3c(-c4ccn[nH]4)nn4ccccc34)cc2)cc1. The molecule has 0 radical (unpaired) electrons. The number of nitrogens with one attached hydrogen (secondary N) is 1. The zero-order valence-electron chi connectivity index (χ0n) is 23.1. The molecule has 6 rings (SSSR count). The van der Waals surface area contributed by atoms with Crippen LogP contribution in [-0.2, 0) is 23.1 Å². The van der Waals surface area contributed by atoms with Gasteiger partial charge in [-0.2, -0.15) is 14.5 Å². The molecule has 0 aliphatic heterocycles. The molecular weight excluding hydrogens is 550 g/mol. The van der Waals surface area contributed by atoms with Gasteiger partial charge in [-0.1, -0.05) is 42.5 Å². The second-order valence-corrected chi connectivity index (χ2v) is 11.7. The van der Waals surface area contributed by atoms with Gasteiger partial charge in [0.05, 0.1) is 30.3 Å². The fraction of sp³-hybridized carbons (Fsp3) is 0.125. The molecule has 9 nitrogen and oxygen atoms in total. The van der Waals surface area contributed by atoms with E-state index < -0.39 is 10.0 Å². The number of methoxy groups -OCH3 is 2. The number of sulfonamides is 1. The zero-order chi connectivity index (χ0) is 29.1. The monoisotopic (exact) mass is 579 g/mol. The number of hydrogen-bond donors (Lipinski definition) is 1. The second kappa shape index (κ2) is 11.5. The number of benzene rings is 3. The summed E-state index contributed by atoms with van der Waals surface area (Å²) in [5.74, 6) is 1.42. The number of H-pyrrole nitrogens is 1. The molecule has 10 heteroatoms. The van der Waals surface area contributed by atoms with Gasteiger partial charge >= 0.3 is 0 Å². The van der Waals surface area contributed by atoms with E-state index in [1.165, 1.54) is 4.31 Å². The molecule has 0 bridgehead atoms. The first kappa shape index (κ1) is 27.3. The lowest BCUT2D eigenvalue weighted by Gasteiger charge is -2.23. The highest BCUT2D eigenvalue weighted by atomic mass is 32.2. The first-order valence-electron chi connectivity index (χ1n) is 13.3.